The molecule has 1 aromatic carbocycles. The smallest absolute Gasteiger partial charge is 0.270 e. The highest BCUT2D eigenvalue weighted by Gasteiger charge is 2.27. The average molecular weight is 393 g/mol. The molecule has 3 aromatic rings. The zero-order chi connectivity index (χ0) is 20.2. The van der Waals surface area contributed by atoms with Gasteiger partial charge in [0, 0.05) is 39.5 Å². The van der Waals surface area contributed by atoms with E-state index >= 15 is 0 Å². The summed E-state index contributed by atoms with van der Waals surface area (Å²) in [5, 5.41) is 0. The van der Waals surface area contributed by atoms with Gasteiger partial charge in [0.15, 0.2) is 0 Å². The minimum atomic E-state index is 0.0771. The molecule has 29 heavy (non-hydrogen) atoms. The summed E-state index contributed by atoms with van der Waals surface area (Å²) >= 11 is 0. The van der Waals surface area contributed by atoms with Crippen LogP contribution >= 0.6 is 0 Å². The van der Waals surface area contributed by atoms with E-state index in [9.17, 15) is 4.79 Å². The maximum atomic E-state index is 13.3. The number of nitrogens with zero attached hydrogens (tertiary/aromatic N) is 3. The summed E-state index contributed by atoms with van der Waals surface area (Å²) in [4.78, 5) is 19.7. The number of carbonyl (C=O) groups excluding carboxylic acids is 1. The first-order valence-electron chi connectivity index (χ1n) is 10.2. The van der Waals surface area contributed by atoms with Crippen LogP contribution in [0.1, 0.15) is 40.4 Å². The van der Waals surface area contributed by atoms with Gasteiger partial charge in [0.25, 0.3) is 5.91 Å². The number of piperidine rings is 1. The van der Waals surface area contributed by atoms with Crippen LogP contribution in [0.25, 0.3) is 11.0 Å². The molecule has 1 amide bonds. The Labute approximate surface area is 171 Å². The molecule has 2 N–H and O–H groups in total. The number of pyridine rings is 1. The first kappa shape index (κ1) is 19.6. The van der Waals surface area contributed by atoms with Crippen LogP contribution in [0.3, 0.4) is 0 Å². The molecule has 2 aromatic heterocycles. The monoisotopic (exact) mass is 392 g/mol. The summed E-state index contributed by atoms with van der Waals surface area (Å²) in [5.41, 5.74) is 10.8. The fourth-order valence-corrected chi connectivity index (χ4v) is 4.24. The molecule has 0 atom stereocenters. The second kappa shape index (κ2) is 8.76. The van der Waals surface area contributed by atoms with E-state index in [0.29, 0.717) is 31.3 Å². The SMILES string of the molecule is COCCn1c(C(=O)N2CCC(c3cccc(CN)c3)CC2)cc2ncccc21. The van der Waals surface area contributed by atoms with E-state index in [4.69, 9.17) is 10.5 Å². The average Bonchev–Trinajstić information content (AvgIpc) is 3.16. The van der Waals surface area contributed by atoms with Gasteiger partial charge in [-0.25, -0.2) is 0 Å². The Balaban J connectivity index is 1.51. The molecule has 6 heteroatoms. The molecule has 0 unspecified atom stereocenters. The Hall–Kier alpha value is -2.70. The topological polar surface area (TPSA) is 73.4 Å². The zero-order valence-corrected chi connectivity index (χ0v) is 16.9. The van der Waals surface area contributed by atoms with Crippen molar-refractivity contribution < 1.29 is 9.53 Å². The molecule has 1 fully saturated rings. The van der Waals surface area contributed by atoms with Gasteiger partial charge >= 0.3 is 0 Å². The number of aromatic nitrogens is 2. The molecule has 6 nitrogen and oxygen atoms in total. The highest BCUT2D eigenvalue weighted by Crippen LogP contribution is 2.30. The van der Waals surface area contributed by atoms with Gasteiger partial charge in [-0.3, -0.25) is 9.78 Å². The van der Waals surface area contributed by atoms with Crippen LogP contribution in [0.5, 0.6) is 0 Å². The third-order valence-electron chi connectivity index (χ3n) is 5.85. The Bertz CT molecular complexity index is 989. The molecule has 0 bridgehead atoms. The van der Waals surface area contributed by atoms with Crippen molar-refractivity contribution in [1.29, 1.82) is 0 Å². The van der Waals surface area contributed by atoms with Crippen LogP contribution in [0, 0.1) is 0 Å². The number of methoxy groups -OCH3 is 1. The largest absolute Gasteiger partial charge is 0.383 e. The summed E-state index contributed by atoms with van der Waals surface area (Å²) < 4.78 is 7.28. The third-order valence-corrected chi connectivity index (χ3v) is 5.85. The van der Waals surface area contributed by atoms with Gasteiger partial charge < -0.3 is 19.9 Å². The summed E-state index contributed by atoms with van der Waals surface area (Å²) in [5.74, 6) is 0.555. The Morgan fingerprint density at radius 1 is 1.21 bits per heavy atom. The summed E-state index contributed by atoms with van der Waals surface area (Å²) in [6, 6.07) is 14.3. The lowest BCUT2D eigenvalue weighted by Gasteiger charge is -2.32. The number of ether oxygens (including phenoxy) is 1. The maximum Gasteiger partial charge on any atom is 0.270 e. The number of hydrogen-bond donors (Lipinski definition) is 1. The minimum Gasteiger partial charge on any atom is -0.383 e. The summed E-state index contributed by atoms with van der Waals surface area (Å²) in [6.45, 7) is 3.27. The third kappa shape index (κ3) is 4.04. The van der Waals surface area contributed by atoms with Crippen molar-refractivity contribution in [2.45, 2.75) is 31.8 Å². The number of nitrogens with two attached hydrogens (primary N) is 1. The van der Waals surface area contributed by atoms with Gasteiger partial charge in [0.2, 0.25) is 0 Å². The lowest BCUT2D eigenvalue weighted by molar-refractivity contribution is 0.0700. The van der Waals surface area contributed by atoms with Crippen molar-refractivity contribution >= 4 is 16.9 Å². The predicted octanol–water partition coefficient (Wildman–Crippen LogP) is 3.16. The van der Waals surface area contributed by atoms with Gasteiger partial charge in [0.05, 0.1) is 17.6 Å². The number of rotatable bonds is 6. The van der Waals surface area contributed by atoms with E-state index in [1.807, 2.05) is 27.7 Å². The van der Waals surface area contributed by atoms with E-state index in [-0.39, 0.29) is 5.91 Å². The molecule has 0 radical (unpaired) electrons. The van der Waals surface area contributed by atoms with Crippen LogP contribution in [0.15, 0.2) is 48.7 Å². The second-order valence-electron chi connectivity index (χ2n) is 7.60. The molecule has 0 saturated carbocycles. The van der Waals surface area contributed by atoms with E-state index in [1.54, 1.807) is 13.3 Å². The molecule has 1 aliphatic heterocycles. The molecule has 1 saturated heterocycles. The number of likely N-dealkylation sites (tertiary alicyclic amines) is 1. The number of fused-ring (bicyclic) bond motifs is 1. The van der Waals surface area contributed by atoms with Gasteiger partial charge in [-0.2, -0.15) is 0 Å². The molecular weight excluding hydrogens is 364 g/mol. The molecule has 152 valence electrons. The maximum absolute atomic E-state index is 13.3. The van der Waals surface area contributed by atoms with Gasteiger partial charge in [-0.05, 0) is 48.1 Å². The van der Waals surface area contributed by atoms with E-state index in [1.165, 1.54) is 5.56 Å². The first-order valence-corrected chi connectivity index (χ1v) is 10.2. The molecule has 0 spiro atoms. The predicted molar refractivity (Wildman–Crippen MR) is 114 cm³/mol. The highest BCUT2D eigenvalue weighted by atomic mass is 16.5. The summed E-state index contributed by atoms with van der Waals surface area (Å²) in [6.07, 6.45) is 3.70. The van der Waals surface area contributed by atoms with Crippen molar-refractivity contribution in [1.82, 2.24) is 14.5 Å². The lowest BCUT2D eigenvalue weighted by Crippen LogP contribution is -2.39. The van der Waals surface area contributed by atoms with Crippen molar-refractivity contribution in [2.24, 2.45) is 5.73 Å². The van der Waals surface area contributed by atoms with E-state index in [0.717, 1.165) is 42.5 Å². The number of benzene rings is 1. The van der Waals surface area contributed by atoms with E-state index < -0.39 is 0 Å². The van der Waals surface area contributed by atoms with Crippen LogP contribution in [-0.2, 0) is 17.8 Å². The fourth-order valence-electron chi connectivity index (χ4n) is 4.24. The van der Waals surface area contributed by atoms with Crippen molar-refractivity contribution in [3.8, 4) is 0 Å². The van der Waals surface area contributed by atoms with Crippen molar-refractivity contribution in [3.05, 3.63) is 65.5 Å². The molecule has 1 aliphatic rings. The minimum absolute atomic E-state index is 0.0771. The quantitative estimate of drug-likeness (QED) is 0.699. The lowest BCUT2D eigenvalue weighted by atomic mass is 9.88. The van der Waals surface area contributed by atoms with E-state index in [2.05, 4.69) is 29.2 Å². The number of amides is 1. The standard InChI is InChI=1S/C23H28N4O2/c1-29-13-12-27-21-6-3-9-25-20(21)15-22(27)23(28)26-10-7-18(8-11-26)19-5-2-4-17(14-19)16-24/h2-6,9,14-15,18H,7-8,10-13,16,24H2,1H3. The van der Waals surface area contributed by atoms with Crippen molar-refractivity contribution in [3.63, 3.8) is 0 Å². The van der Waals surface area contributed by atoms with Gasteiger partial charge in [0.1, 0.15) is 5.69 Å². The van der Waals surface area contributed by atoms with Gasteiger partial charge in [-0.15, -0.1) is 0 Å². The highest BCUT2D eigenvalue weighted by molar-refractivity contribution is 5.97. The van der Waals surface area contributed by atoms with Crippen molar-refractivity contribution in [2.75, 3.05) is 26.8 Å². The second-order valence-corrected chi connectivity index (χ2v) is 7.60. The fraction of sp³-hybridized carbons (Fsp3) is 0.391. The Morgan fingerprint density at radius 3 is 2.79 bits per heavy atom. The number of hydrogen-bond acceptors (Lipinski definition) is 4. The first-order chi connectivity index (χ1) is 14.2. The molecular formula is C23H28N4O2. The molecule has 0 aliphatic carbocycles. The van der Waals surface area contributed by atoms with Crippen LogP contribution in [0.4, 0.5) is 0 Å². The van der Waals surface area contributed by atoms with Crippen LogP contribution < -0.4 is 5.73 Å². The van der Waals surface area contributed by atoms with Crippen LogP contribution in [0.2, 0.25) is 0 Å². The molecule has 4 rings (SSSR count). The normalized spacial score (nSPS) is 15.2. The van der Waals surface area contributed by atoms with Crippen LogP contribution in [-0.4, -0.2) is 47.2 Å². The Kier molecular flexibility index (Phi) is 5.92. The zero-order valence-electron chi connectivity index (χ0n) is 16.9. The van der Waals surface area contributed by atoms with Gasteiger partial charge in [-0.1, -0.05) is 24.3 Å². The molecule has 3 heterocycles. The number of carbonyl (C=O) groups is 1. The summed E-state index contributed by atoms with van der Waals surface area (Å²) in [7, 11) is 1.68. The Morgan fingerprint density at radius 2 is 2.03 bits per heavy atom.